The second kappa shape index (κ2) is 9.19. The predicted molar refractivity (Wildman–Crippen MR) is 132 cm³/mol. The molecule has 0 saturated heterocycles. The normalized spacial score (nSPS) is 16.0. The van der Waals surface area contributed by atoms with Crippen LogP contribution in [0.25, 0.3) is 0 Å². The van der Waals surface area contributed by atoms with Gasteiger partial charge in [-0.3, -0.25) is 15.0 Å². The Morgan fingerprint density at radius 3 is 2.68 bits per heavy atom. The molecule has 0 fully saturated rings. The molecule has 2 heterocycles. The van der Waals surface area contributed by atoms with Crippen LogP contribution in [0.3, 0.4) is 0 Å². The third-order valence-electron chi connectivity index (χ3n) is 5.40. The van der Waals surface area contributed by atoms with E-state index in [1.807, 2.05) is 37.3 Å². The van der Waals surface area contributed by atoms with Gasteiger partial charge in [0.2, 0.25) is 6.79 Å². The highest BCUT2D eigenvalue weighted by atomic mass is 79.9. The number of fused-ring (bicyclic) bond motifs is 2. The van der Waals surface area contributed by atoms with Crippen LogP contribution in [0, 0.1) is 0 Å². The van der Waals surface area contributed by atoms with Gasteiger partial charge in [-0.1, -0.05) is 31.9 Å². The fraction of sp³-hybridized carbons (Fsp3) is 0.167. The fourth-order valence-corrected chi connectivity index (χ4v) is 4.58. The van der Waals surface area contributed by atoms with Crippen LogP contribution in [0.5, 0.6) is 17.2 Å². The molecule has 2 aliphatic rings. The second-order valence-corrected chi connectivity index (χ2v) is 9.37. The van der Waals surface area contributed by atoms with Gasteiger partial charge in [-0.15, -0.1) is 0 Å². The minimum absolute atomic E-state index is 0.103. The van der Waals surface area contributed by atoms with E-state index in [0.717, 1.165) is 8.95 Å². The number of hydrazine groups is 1. The molecular weight excluding hydrogens is 570 g/mol. The number of hydrogen-bond acceptors (Lipinski definition) is 6. The summed E-state index contributed by atoms with van der Waals surface area (Å²) in [6.07, 6.45) is -0.724. The maximum Gasteiger partial charge on any atom is 0.276 e. The number of carbonyl (C=O) groups excluding carboxylic acids is 2. The zero-order chi connectivity index (χ0) is 23.8. The average Bonchev–Trinajstić information content (AvgIpc) is 3.30. The molecule has 3 aromatic rings. The number of amides is 2. The molecule has 8 nitrogen and oxygen atoms in total. The third-order valence-corrected chi connectivity index (χ3v) is 6.39. The minimum atomic E-state index is -0.724. The highest BCUT2D eigenvalue weighted by Crippen LogP contribution is 2.38. The SMILES string of the molecule is CCOc1ccc(Br)cc1C1Nc2ccc(Br)cc2C(=O)N1NC(=O)c1ccc2c(c1)OCO2. The van der Waals surface area contributed by atoms with Gasteiger partial charge in [0.15, 0.2) is 17.7 Å². The lowest BCUT2D eigenvalue weighted by atomic mass is 10.0. The molecular formula is C24H19Br2N3O5. The lowest BCUT2D eigenvalue weighted by Gasteiger charge is -2.38. The summed E-state index contributed by atoms with van der Waals surface area (Å²) in [5, 5.41) is 4.65. The minimum Gasteiger partial charge on any atom is -0.493 e. The highest BCUT2D eigenvalue weighted by Gasteiger charge is 2.36. The molecule has 0 radical (unpaired) electrons. The number of halogens is 2. The van der Waals surface area contributed by atoms with Crippen LogP contribution >= 0.6 is 31.9 Å². The monoisotopic (exact) mass is 587 g/mol. The zero-order valence-electron chi connectivity index (χ0n) is 17.9. The summed E-state index contributed by atoms with van der Waals surface area (Å²) in [5.41, 5.74) is 4.86. The van der Waals surface area contributed by atoms with Crippen LogP contribution in [0.4, 0.5) is 5.69 Å². The smallest absolute Gasteiger partial charge is 0.276 e. The molecule has 0 aromatic heterocycles. The predicted octanol–water partition coefficient (Wildman–Crippen LogP) is 5.25. The third kappa shape index (κ3) is 4.19. The van der Waals surface area contributed by atoms with Gasteiger partial charge >= 0.3 is 0 Å². The summed E-state index contributed by atoms with van der Waals surface area (Å²) in [4.78, 5) is 26.8. The van der Waals surface area contributed by atoms with Crippen molar-refractivity contribution in [2.75, 3.05) is 18.7 Å². The van der Waals surface area contributed by atoms with E-state index in [2.05, 4.69) is 42.6 Å². The quantitative estimate of drug-likeness (QED) is 0.423. The van der Waals surface area contributed by atoms with Crippen molar-refractivity contribution in [2.45, 2.75) is 13.1 Å². The Morgan fingerprint density at radius 1 is 1.09 bits per heavy atom. The Balaban J connectivity index is 1.55. The van der Waals surface area contributed by atoms with Crippen molar-refractivity contribution in [2.24, 2.45) is 0 Å². The Labute approximate surface area is 212 Å². The molecule has 0 aliphatic carbocycles. The summed E-state index contributed by atoms with van der Waals surface area (Å²) in [6.45, 7) is 2.44. The lowest BCUT2D eigenvalue weighted by molar-refractivity contribution is 0.0488. The van der Waals surface area contributed by atoms with Gasteiger partial charge < -0.3 is 19.5 Å². The van der Waals surface area contributed by atoms with E-state index in [4.69, 9.17) is 14.2 Å². The van der Waals surface area contributed by atoms with Gasteiger partial charge in [0, 0.05) is 25.8 Å². The zero-order valence-corrected chi connectivity index (χ0v) is 21.1. The van der Waals surface area contributed by atoms with E-state index in [1.54, 1.807) is 24.3 Å². The molecule has 5 rings (SSSR count). The first-order valence-corrected chi connectivity index (χ1v) is 12.1. The van der Waals surface area contributed by atoms with Crippen molar-refractivity contribution in [1.29, 1.82) is 0 Å². The maximum atomic E-state index is 13.6. The van der Waals surface area contributed by atoms with Crippen LogP contribution < -0.4 is 25.0 Å². The lowest BCUT2D eigenvalue weighted by Crippen LogP contribution is -2.53. The average molecular weight is 589 g/mol. The van der Waals surface area contributed by atoms with Gasteiger partial charge in [-0.2, -0.15) is 0 Å². The van der Waals surface area contributed by atoms with E-state index < -0.39 is 12.1 Å². The molecule has 174 valence electrons. The van der Waals surface area contributed by atoms with Gasteiger partial charge in [0.1, 0.15) is 5.75 Å². The first kappa shape index (κ1) is 22.5. The molecule has 0 saturated carbocycles. The molecule has 0 spiro atoms. The Bertz CT molecular complexity index is 1300. The Morgan fingerprint density at radius 2 is 1.85 bits per heavy atom. The van der Waals surface area contributed by atoms with Gasteiger partial charge in [0.05, 0.1) is 12.2 Å². The number of ether oxygens (including phenoxy) is 3. The first-order chi connectivity index (χ1) is 16.4. The van der Waals surface area contributed by atoms with E-state index >= 15 is 0 Å². The molecule has 34 heavy (non-hydrogen) atoms. The van der Waals surface area contributed by atoms with Crippen LogP contribution in [0.1, 0.15) is 39.4 Å². The summed E-state index contributed by atoms with van der Waals surface area (Å²) in [7, 11) is 0. The number of anilines is 1. The highest BCUT2D eigenvalue weighted by molar-refractivity contribution is 9.10. The molecule has 2 amide bonds. The second-order valence-electron chi connectivity index (χ2n) is 7.54. The Kier molecular flexibility index (Phi) is 6.09. The summed E-state index contributed by atoms with van der Waals surface area (Å²) >= 11 is 6.92. The topological polar surface area (TPSA) is 89.1 Å². The molecule has 10 heteroatoms. The van der Waals surface area contributed by atoms with Gasteiger partial charge in [0.25, 0.3) is 11.8 Å². The summed E-state index contributed by atoms with van der Waals surface area (Å²) in [6, 6.07) is 15.8. The number of carbonyl (C=O) groups is 2. The number of nitrogens with one attached hydrogen (secondary N) is 2. The van der Waals surface area contributed by atoms with E-state index in [1.165, 1.54) is 5.01 Å². The van der Waals surface area contributed by atoms with Crippen LogP contribution in [-0.2, 0) is 0 Å². The van der Waals surface area contributed by atoms with Crippen LogP contribution in [0.2, 0.25) is 0 Å². The number of benzene rings is 3. The van der Waals surface area contributed by atoms with Crippen molar-refractivity contribution in [3.8, 4) is 17.2 Å². The van der Waals surface area contributed by atoms with Gasteiger partial charge in [-0.05, 0) is 61.5 Å². The number of rotatable bonds is 5. The van der Waals surface area contributed by atoms with Crippen LogP contribution in [-0.4, -0.2) is 30.2 Å². The Hall–Kier alpha value is -3.24. The van der Waals surface area contributed by atoms with Crippen molar-refractivity contribution >= 4 is 49.4 Å². The molecule has 2 aliphatic heterocycles. The van der Waals surface area contributed by atoms with Crippen molar-refractivity contribution < 1.29 is 23.8 Å². The van der Waals surface area contributed by atoms with Crippen molar-refractivity contribution in [3.05, 3.63) is 80.2 Å². The largest absolute Gasteiger partial charge is 0.493 e. The molecule has 0 bridgehead atoms. The first-order valence-electron chi connectivity index (χ1n) is 10.5. The fourth-order valence-electron chi connectivity index (χ4n) is 3.84. The molecule has 1 unspecified atom stereocenters. The molecule has 1 atom stereocenters. The van der Waals surface area contributed by atoms with Crippen LogP contribution in [0.15, 0.2) is 63.5 Å². The van der Waals surface area contributed by atoms with E-state index in [-0.39, 0.29) is 12.7 Å². The van der Waals surface area contributed by atoms with E-state index in [9.17, 15) is 9.59 Å². The maximum absolute atomic E-state index is 13.6. The molecule has 2 N–H and O–H groups in total. The number of nitrogens with zero attached hydrogens (tertiary/aromatic N) is 1. The standard InChI is InChI=1S/C24H19Br2N3O5/c1-2-32-19-8-5-15(26)11-17(19)22-27-18-6-4-14(25)10-16(18)24(31)29(22)28-23(30)13-3-7-20-21(9-13)34-12-33-20/h3-11,22,27H,2,12H2,1H3,(H,28,30). The number of hydrogen-bond donors (Lipinski definition) is 2. The summed E-state index contributed by atoms with van der Waals surface area (Å²) in [5.74, 6) is 0.812. The van der Waals surface area contributed by atoms with Crippen molar-refractivity contribution in [1.82, 2.24) is 10.4 Å². The summed E-state index contributed by atoms with van der Waals surface area (Å²) < 4.78 is 18.1. The van der Waals surface area contributed by atoms with Crippen molar-refractivity contribution in [3.63, 3.8) is 0 Å². The van der Waals surface area contributed by atoms with Gasteiger partial charge in [-0.25, -0.2) is 5.01 Å². The molecule has 3 aromatic carbocycles. The van der Waals surface area contributed by atoms with E-state index in [0.29, 0.717) is 46.2 Å².